The molecule has 12 heavy (non-hydrogen) atoms. The van der Waals surface area contributed by atoms with Gasteiger partial charge in [-0.05, 0) is 0 Å². The van der Waals surface area contributed by atoms with Gasteiger partial charge >= 0.3 is 84.5 Å². The van der Waals surface area contributed by atoms with Gasteiger partial charge in [-0.25, -0.2) is 0 Å². The van der Waals surface area contributed by atoms with Gasteiger partial charge in [0.05, 0.1) is 0 Å². The van der Waals surface area contributed by atoms with Crippen LogP contribution < -0.4 is 0 Å². The normalized spacial score (nSPS) is 9.83. The first-order valence-corrected chi connectivity index (χ1v) is 4.78. The standard InChI is InChI=1S/Ca.H2O4S.H4O4Si.Pb.4H/c;2*1-5(2,3)4;;;;;/h;(H2,1,2,3,4);1-4H;;;;;. The first-order valence-electron chi connectivity index (χ1n) is 1.59. The van der Waals surface area contributed by atoms with E-state index in [1.165, 1.54) is 0 Å². The Morgan fingerprint density at radius 1 is 0.917 bits per heavy atom. The van der Waals surface area contributed by atoms with Crippen LogP contribution in [-0.4, -0.2) is 111 Å². The van der Waals surface area contributed by atoms with Crippen molar-refractivity contribution < 1.29 is 36.7 Å². The van der Waals surface area contributed by atoms with Crippen molar-refractivity contribution in [3.8, 4) is 0 Å². The van der Waals surface area contributed by atoms with E-state index in [1.54, 1.807) is 0 Å². The van der Waals surface area contributed by atoms with Crippen LogP contribution in [0.3, 0.4) is 0 Å². The molecule has 0 saturated carbocycles. The molecule has 0 spiro atoms. The third-order valence-corrected chi connectivity index (χ3v) is 0. The van der Waals surface area contributed by atoms with Crippen LogP contribution in [0.25, 0.3) is 0 Å². The van der Waals surface area contributed by atoms with Crippen LogP contribution in [0, 0.1) is 0 Å². The molecule has 2 radical (unpaired) electrons. The first-order chi connectivity index (χ1) is 4.00. The molecular formula is H10CaO8PbSSi. The van der Waals surface area contributed by atoms with Crippen molar-refractivity contribution in [2.24, 2.45) is 0 Å². The SMILES string of the molecule is O=S(=O)(O)O.O[Si](O)(O)O.[CaH2].[PbH2]. The van der Waals surface area contributed by atoms with E-state index in [-0.39, 0.29) is 65.0 Å². The first kappa shape index (κ1) is 23.7. The molecule has 74 valence electrons. The van der Waals surface area contributed by atoms with E-state index in [0.717, 1.165) is 0 Å². The van der Waals surface area contributed by atoms with Crippen LogP contribution in [0.4, 0.5) is 0 Å². The maximum absolute atomic E-state index is 8.74. The van der Waals surface area contributed by atoms with Gasteiger partial charge in [0, 0.05) is 0 Å². The summed E-state index contributed by atoms with van der Waals surface area (Å²) in [6, 6.07) is 0. The molecule has 0 atom stereocenters. The maximum atomic E-state index is 8.74. The zero-order valence-electron chi connectivity index (χ0n) is 5.12. The van der Waals surface area contributed by atoms with Crippen molar-refractivity contribution in [2.75, 3.05) is 0 Å². The van der Waals surface area contributed by atoms with Crippen molar-refractivity contribution in [3.63, 3.8) is 0 Å². The summed E-state index contributed by atoms with van der Waals surface area (Å²) in [5.74, 6) is 0. The molecule has 0 unspecified atom stereocenters. The predicted octanol–water partition coefficient (Wildman–Crippen LogP) is -5.09. The molecule has 0 aromatic heterocycles. The third-order valence-electron chi connectivity index (χ3n) is 0. The molecule has 0 heterocycles. The summed E-state index contributed by atoms with van der Waals surface area (Å²) < 4.78 is 31.6. The van der Waals surface area contributed by atoms with Crippen LogP contribution in [0.5, 0.6) is 0 Å². The zero-order chi connectivity index (χ0) is 9.00. The van der Waals surface area contributed by atoms with Crippen molar-refractivity contribution in [3.05, 3.63) is 0 Å². The van der Waals surface area contributed by atoms with E-state index < -0.39 is 19.4 Å². The Hall–Kier alpha value is 2.11. The van der Waals surface area contributed by atoms with Crippen LogP contribution in [0.2, 0.25) is 0 Å². The quantitative estimate of drug-likeness (QED) is 0.160. The minimum absolute atomic E-state index is 0. The average molecular weight is 446 g/mol. The van der Waals surface area contributed by atoms with E-state index in [9.17, 15) is 0 Å². The van der Waals surface area contributed by atoms with Gasteiger partial charge in [0.1, 0.15) is 0 Å². The summed E-state index contributed by atoms with van der Waals surface area (Å²) in [5, 5.41) is 0. The Morgan fingerprint density at radius 3 is 0.917 bits per heavy atom. The van der Waals surface area contributed by atoms with Crippen LogP contribution in [0.1, 0.15) is 0 Å². The van der Waals surface area contributed by atoms with Crippen molar-refractivity contribution in [2.45, 2.75) is 0 Å². The van der Waals surface area contributed by atoms with Gasteiger partial charge in [-0.2, -0.15) is 8.42 Å². The van der Waals surface area contributed by atoms with Crippen LogP contribution in [0.15, 0.2) is 0 Å². The Morgan fingerprint density at radius 2 is 0.917 bits per heavy atom. The van der Waals surface area contributed by atoms with Gasteiger partial charge in [0.25, 0.3) is 0 Å². The van der Waals surface area contributed by atoms with Gasteiger partial charge in [-0.15, -0.1) is 0 Å². The fourth-order valence-electron chi connectivity index (χ4n) is 0. The van der Waals surface area contributed by atoms with Crippen molar-refractivity contribution in [1.82, 2.24) is 0 Å². The average Bonchev–Trinajstić information content (AvgIpc) is 1.12. The summed E-state index contributed by atoms with van der Waals surface area (Å²) in [4.78, 5) is 29.3. The van der Waals surface area contributed by atoms with E-state index in [1.807, 2.05) is 0 Å². The van der Waals surface area contributed by atoms with Crippen LogP contribution in [-0.2, 0) is 10.4 Å². The van der Waals surface area contributed by atoms with E-state index in [2.05, 4.69) is 0 Å². The zero-order valence-corrected chi connectivity index (χ0v) is 12.4. The summed E-state index contributed by atoms with van der Waals surface area (Å²) in [5.41, 5.74) is 0. The Bertz CT molecular complexity index is 154. The predicted molar refractivity (Wildman–Crippen MR) is 45.9 cm³/mol. The van der Waals surface area contributed by atoms with E-state index in [0.29, 0.717) is 0 Å². The fourth-order valence-corrected chi connectivity index (χ4v) is 0. The molecule has 0 aliphatic rings. The molecule has 0 aromatic carbocycles. The molecule has 0 saturated heterocycles. The Balaban J connectivity index is -0.0000000457. The number of rotatable bonds is 0. The molecule has 0 aliphatic carbocycles. The van der Waals surface area contributed by atoms with Gasteiger partial charge in [-0.3, -0.25) is 9.11 Å². The molecule has 0 amide bonds. The van der Waals surface area contributed by atoms with Gasteiger partial charge < -0.3 is 19.2 Å². The Kier molecular flexibility index (Phi) is 19.1. The topological polar surface area (TPSA) is 156 Å². The van der Waals surface area contributed by atoms with Gasteiger partial charge in [-0.1, -0.05) is 0 Å². The van der Waals surface area contributed by atoms with E-state index >= 15 is 0 Å². The fraction of sp³-hybridized carbons (Fsp3) is 0. The summed E-state index contributed by atoms with van der Waals surface area (Å²) in [6.07, 6.45) is 0. The second kappa shape index (κ2) is 9.66. The molecule has 0 fully saturated rings. The summed E-state index contributed by atoms with van der Waals surface area (Å²) in [7, 11) is -9.28. The molecule has 6 N–H and O–H groups in total. The second-order valence-electron chi connectivity index (χ2n) is 1.05. The summed E-state index contributed by atoms with van der Waals surface area (Å²) >= 11 is 0. The number of hydrogen-bond acceptors (Lipinski definition) is 6. The molecule has 0 aromatic rings. The molecule has 12 heteroatoms. The molecule has 0 bridgehead atoms. The molecule has 0 aliphatic heterocycles. The third kappa shape index (κ3) is 336. The van der Waals surface area contributed by atoms with Crippen LogP contribution >= 0.6 is 0 Å². The Labute approximate surface area is 119 Å². The monoisotopic (exact) mass is 446 g/mol. The van der Waals surface area contributed by atoms with Crippen molar-refractivity contribution in [1.29, 1.82) is 0 Å². The van der Waals surface area contributed by atoms with Gasteiger partial charge in [0.2, 0.25) is 0 Å². The van der Waals surface area contributed by atoms with E-state index in [4.69, 9.17) is 36.7 Å². The molecule has 8 nitrogen and oxygen atoms in total. The van der Waals surface area contributed by atoms with Crippen molar-refractivity contribution >= 4 is 84.5 Å². The second-order valence-corrected chi connectivity index (χ2v) is 3.14. The summed E-state index contributed by atoms with van der Waals surface area (Å²) in [6.45, 7) is 0. The molecular weight excluding hydrogens is 435 g/mol. The van der Waals surface area contributed by atoms with Gasteiger partial charge in [0.15, 0.2) is 0 Å². The molecule has 0 rings (SSSR count). The minimum atomic E-state index is -4.67. The number of hydrogen-bond donors (Lipinski definition) is 6.